The number of benzene rings is 1. The van der Waals surface area contributed by atoms with Crippen LogP contribution in [0.3, 0.4) is 0 Å². The van der Waals surface area contributed by atoms with Gasteiger partial charge in [0, 0.05) is 25.2 Å². The van der Waals surface area contributed by atoms with Crippen molar-refractivity contribution in [2.45, 2.75) is 44.7 Å². The predicted molar refractivity (Wildman–Crippen MR) is 95.1 cm³/mol. The summed E-state index contributed by atoms with van der Waals surface area (Å²) in [5.41, 5.74) is 2.57. The fourth-order valence-corrected chi connectivity index (χ4v) is 3.69. The summed E-state index contributed by atoms with van der Waals surface area (Å²) in [6, 6.07) is 8.49. The van der Waals surface area contributed by atoms with Gasteiger partial charge in [-0.25, -0.2) is 4.79 Å². The van der Waals surface area contributed by atoms with Crippen LogP contribution in [-0.4, -0.2) is 49.3 Å². The van der Waals surface area contributed by atoms with Crippen molar-refractivity contribution in [1.82, 2.24) is 15.5 Å². The first-order valence-electron chi connectivity index (χ1n) is 9.01. The molecule has 1 aliphatic heterocycles. The van der Waals surface area contributed by atoms with Gasteiger partial charge >= 0.3 is 6.03 Å². The van der Waals surface area contributed by atoms with E-state index in [0.717, 1.165) is 45.6 Å². The molecule has 132 valence electrons. The molecule has 24 heavy (non-hydrogen) atoms. The number of nitrogens with one attached hydrogen (secondary N) is 2. The summed E-state index contributed by atoms with van der Waals surface area (Å²) in [7, 11) is 0. The van der Waals surface area contributed by atoms with E-state index in [1.54, 1.807) is 0 Å². The number of aryl methyl sites for hydroxylation is 1. The third-order valence-corrected chi connectivity index (χ3v) is 5.22. The lowest BCUT2D eigenvalue weighted by atomic mass is 9.88. The topological polar surface area (TPSA) is 53.6 Å². The molecule has 1 fully saturated rings. The van der Waals surface area contributed by atoms with Gasteiger partial charge < -0.3 is 15.4 Å². The summed E-state index contributed by atoms with van der Waals surface area (Å²) in [6.07, 6.45) is 3.25. The average Bonchev–Trinajstić information content (AvgIpc) is 2.61. The molecule has 0 saturated carbocycles. The Morgan fingerprint density at radius 2 is 2.04 bits per heavy atom. The van der Waals surface area contributed by atoms with E-state index in [-0.39, 0.29) is 17.6 Å². The molecule has 0 aromatic heterocycles. The second-order valence-corrected chi connectivity index (χ2v) is 7.38. The van der Waals surface area contributed by atoms with Crippen LogP contribution < -0.4 is 10.6 Å². The number of urea groups is 1. The van der Waals surface area contributed by atoms with Crippen molar-refractivity contribution in [3.05, 3.63) is 35.4 Å². The van der Waals surface area contributed by atoms with E-state index in [2.05, 4.69) is 53.6 Å². The van der Waals surface area contributed by atoms with Crippen LogP contribution in [0.5, 0.6) is 0 Å². The minimum atomic E-state index is -0.0713. The van der Waals surface area contributed by atoms with Crippen LogP contribution in [0.4, 0.5) is 4.79 Å². The van der Waals surface area contributed by atoms with Gasteiger partial charge in [-0.3, -0.25) is 4.90 Å². The Bertz CT molecular complexity index is 567. The van der Waals surface area contributed by atoms with E-state index in [4.69, 9.17) is 4.74 Å². The van der Waals surface area contributed by atoms with E-state index in [1.165, 1.54) is 11.1 Å². The van der Waals surface area contributed by atoms with Crippen LogP contribution in [0.15, 0.2) is 24.3 Å². The lowest BCUT2D eigenvalue weighted by Crippen LogP contribution is -2.56. The summed E-state index contributed by atoms with van der Waals surface area (Å²) in [5.74, 6) is 0. The molecule has 0 bridgehead atoms. The normalized spacial score (nSPS) is 21.8. The molecular weight excluding hydrogens is 302 g/mol. The van der Waals surface area contributed by atoms with Crippen molar-refractivity contribution >= 4 is 6.03 Å². The maximum Gasteiger partial charge on any atom is 0.315 e. The van der Waals surface area contributed by atoms with Crippen LogP contribution in [0.1, 0.15) is 43.9 Å². The second kappa shape index (κ2) is 7.53. The molecule has 5 nitrogen and oxygen atoms in total. The van der Waals surface area contributed by atoms with Gasteiger partial charge in [-0.05, 0) is 44.2 Å². The molecule has 2 amide bonds. The minimum Gasteiger partial charge on any atom is -0.379 e. The van der Waals surface area contributed by atoms with E-state index in [9.17, 15) is 4.79 Å². The second-order valence-electron chi connectivity index (χ2n) is 7.38. The van der Waals surface area contributed by atoms with Crippen LogP contribution in [0.25, 0.3) is 0 Å². The molecule has 5 heteroatoms. The lowest BCUT2D eigenvalue weighted by molar-refractivity contribution is -0.00877. The number of nitrogens with zero attached hydrogens (tertiary/aromatic N) is 1. The zero-order valence-electron chi connectivity index (χ0n) is 14.8. The van der Waals surface area contributed by atoms with Crippen molar-refractivity contribution in [2.75, 3.05) is 32.8 Å². The molecule has 1 saturated heterocycles. The fourth-order valence-electron chi connectivity index (χ4n) is 3.69. The molecule has 1 aromatic carbocycles. The van der Waals surface area contributed by atoms with E-state index < -0.39 is 0 Å². The molecule has 0 spiro atoms. The molecule has 3 rings (SSSR count). The number of fused-ring (bicyclic) bond motifs is 1. The van der Waals surface area contributed by atoms with Gasteiger partial charge in [0.15, 0.2) is 0 Å². The maximum atomic E-state index is 12.4. The van der Waals surface area contributed by atoms with E-state index in [1.807, 2.05) is 0 Å². The molecule has 1 atom stereocenters. The van der Waals surface area contributed by atoms with Gasteiger partial charge in [-0.2, -0.15) is 0 Å². The summed E-state index contributed by atoms with van der Waals surface area (Å²) >= 11 is 0. The number of rotatable bonds is 4. The average molecular weight is 331 g/mol. The predicted octanol–water partition coefficient (Wildman–Crippen LogP) is 2.47. The van der Waals surface area contributed by atoms with Crippen molar-refractivity contribution in [2.24, 2.45) is 0 Å². The number of amides is 2. The summed E-state index contributed by atoms with van der Waals surface area (Å²) in [5, 5.41) is 6.22. The van der Waals surface area contributed by atoms with E-state index >= 15 is 0 Å². The van der Waals surface area contributed by atoms with Crippen LogP contribution in [0.2, 0.25) is 0 Å². The van der Waals surface area contributed by atoms with Crippen molar-refractivity contribution in [1.29, 1.82) is 0 Å². The molecule has 1 unspecified atom stereocenters. The zero-order valence-corrected chi connectivity index (χ0v) is 14.8. The fraction of sp³-hybridized carbons (Fsp3) is 0.632. The highest BCUT2D eigenvalue weighted by Crippen LogP contribution is 2.29. The van der Waals surface area contributed by atoms with Gasteiger partial charge in [0.25, 0.3) is 0 Å². The molecule has 2 aliphatic rings. The Morgan fingerprint density at radius 1 is 1.29 bits per heavy atom. The van der Waals surface area contributed by atoms with Crippen LogP contribution >= 0.6 is 0 Å². The van der Waals surface area contributed by atoms with Gasteiger partial charge in [0.05, 0.1) is 19.3 Å². The molecule has 1 aromatic rings. The number of morpholine rings is 1. The maximum absolute atomic E-state index is 12.4. The number of hydrogen-bond acceptors (Lipinski definition) is 3. The number of hydrogen-bond donors (Lipinski definition) is 2. The van der Waals surface area contributed by atoms with E-state index in [0.29, 0.717) is 6.54 Å². The minimum absolute atomic E-state index is 0.0639. The Balaban J connectivity index is 1.53. The number of carbonyl (C=O) groups is 1. The number of carbonyl (C=O) groups excluding carboxylic acids is 1. The summed E-state index contributed by atoms with van der Waals surface area (Å²) < 4.78 is 5.41. The molecule has 2 N–H and O–H groups in total. The quantitative estimate of drug-likeness (QED) is 0.891. The Kier molecular flexibility index (Phi) is 5.41. The Hall–Kier alpha value is -1.59. The third kappa shape index (κ3) is 4.08. The van der Waals surface area contributed by atoms with Crippen molar-refractivity contribution in [3.8, 4) is 0 Å². The first kappa shape index (κ1) is 17.2. The SMILES string of the molecule is CC(C)(CNC(=O)NC1CCCc2ccccc21)N1CCOCC1. The van der Waals surface area contributed by atoms with Crippen molar-refractivity contribution in [3.63, 3.8) is 0 Å². The van der Waals surface area contributed by atoms with Gasteiger partial charge in [0.1, 0.15) is 0 Å². The summed E-state index contributed by atoms with van der Waals surface area (Å²) in [6.45, 7) is 8.37. The van der Waals surface area contributed by atoms with Gasteiger partial charge in [0.2, 0.25) is 0 Å². The zero-order chi connectivity index (χ0) is 17.0. The van der Waals surface area contributed by atoms with Crippen LogP contribution in [0, 0.1) is 0 Å². The first-order valence-corrected chi connectivity index (χ1v) is 9.01. The third-order valence-electron chi connectivity index (χ3n) is 5.22. The lowest BCUT2D eigenvalue weighted by Gasteiger charge is -2.41. The molecule has 0 radical (unpaired) electrons. The Morgan fingerprint density at radius 3 is 2.83 bits per heavy atom. The summed E-state index contributed by atoms with van der Waals surface area (Å²) in [4.78, 5) is 14.8. The smallest absolute Gasteiger partial charge is 0.315 e. The first-order chi connectivity index (χ1) is 11.6. The highest BCUT2D eigenvalue weighted by molar-refractivity contribution is 5.74. The van der Waals surface area contributed by atoms with Gasteiger partial charge in [-0.15, -0.1) is 0 Å². The highest BCUT2D eigenvalue weighted by Gasteiger charge is 2.29. The molecular formula is C19H29N3O2. The van der Waals surface area contributed by atoms with Crippen molar-refractivity contribution < 1.29 is 9.53 Å². The standard InChI is InChI=1S/C19H29N3O2/c1-19(2,22-10-12-24-13-11-22)14-20-18(23)21-17-9-5-7-15-6-3-4-8-16(15)17/h3-4,6,8,17H,5,7,9-14H2,1-2H3,(H2,20,21,23). The van der Waals surface area contributed by atoms with Crippen LogP contribution in [-0.2, 0) is 11.2 Å². The molecule has 1 aliphatic carbocycles. The number of ether oxygens (including phenoxy) is 1. The largest absolute Gasteiger partial charge is 0.379 e. The molecule has 1 heterocycles. The van der Waals surface area contributed by atoms with Gasteiger partial charge in [-0.1, -0.05) is 24.3 Å². The monoisotopic (exact) mass is 331 g/mol. The highest BCUT2D eigenvalue weighted by atomic mass is 16.5. The Labute approximate surface area is 144 Å².